The second-order valence-electron chi connectivity index (χ2n) is 4.17. The summed E-state index contributed by atoms with van der Waals surface area (Å²) in [6, 6.07) is 5.81. The number of rotatable bonds is 4. The predicted molar refractivity (Wildman–Crippen MR) is 77.6 cm³/mol. The number of hydrogen-bond donors (Lipinski definition) is 3. The molecular weight excluding hydrogens is 347 g/mol. The summed E-state index contributed by atoms with van der Waals surface area (Å²) in [4.78, 5) is 22.6. The van der Waals surface area contributed by atoms with Gasteiger partial charge in [-0.15, -0.1) is 0 Å². The van der Waals surface area contributed by atoms with Crippen LogP contribution in [0.2, 0.25) is 0 Å². The van der Waals surface area contributed by atoms with E-state index in [1.807, 2.05) is 12.1 Å². The smallest absolute Gasteiger partial charge is 0.326 e. The molecule has 0 aliphatic rings. The summed E-state index contributed by atoms with van der Waals surface area (Å²) in [5.41, 5.74) is 0.626. The van der Waals surface area contributed by atoms with Crippen molar-refractivity contribution in [3.8, 4) is 0 Å². The maximum absolute atomic E-state index is 11.6. The van der Waals surface area contributed by atoms with Gasteiger partial charge in [0.25, 0.3) is 0 Å². The Bertz CT molecular complexity index is 431. The summed E-state index contributed by atoms with van der Waals surface area (Å²) in [5.74, 6) is -1.22. The van der Waals surface area contributed by atoms with Crippen LogP contribution in [-0.2, 0) is 4.79 Å². The van der Waals surface area contributed by atoms with Gasteiger partial charge < -0.3 is 15.7 Å². The zero-order valence-corrected chi connectivity index (χ0v) is 12.3. The van der Waals surface area contributed by atoms with Crippen LogP contribution in [0.3, 0.4) is 0 Å². The Hall–Kier alpha value is -1.31. The molecule has 0 fully saturated rings. The summed E-state index contributed by atoms with van der Waals surface area (Å²) >= 11 is 2.16. The van der Waals surface area contributed by atoms with Crippen molar-refractivity contribution >= 4 is 40.3 Å². The molecule has 0 aliphatic carbocycles. The maximum atomic E-state index is 11.6. The highest BCUT2D eigenvalue weighted by Crippen LogP contribution is 2.11. The van der Waals surface area contributed by atoms with Gasteiger partial charge in [-0.3, -0.25) is 0 Å². The number of carbonyl (C=O) groups is 2. The lowest BCUT2D eigenvalue weighted by molar-refractivity contribution is -0.140. The third-order valence-electron chi connectivity index (χ3n) is 2.32. The Morgan fingerprint density at radius 1 is 1.22 bits per heavy atom. The zero-order chi connectivity index (χ0) is 13.7. The van der Waals surface area contributed by atoms with Crippen molar-refractivity contribution in [2.45, 2.75) is 19.9 Å². The summed E-state index contributed by atoms with van der Waals surface area (Å²) in [6.07, 6.45) is 0. The molecule has 18 heavy (non-hydrogen) atoms. The van der Waals surface area contributed by atoms with E-state index >= 15 is 0 Å². The molecule has 0 radical (unpaired) electrons. The van der Waals surface area contributed by atoms with Crippen LogP contribution < -0.4 is 10.6 Å². The monoisotopic (exact) mass is 362 g/mol. The Kier molecular flexibility index (Phi) is 5.39. The van der Waals surface area contributed by atoms with Crippen LogP contribution in [0.4, 0.5) is 10.5 Å². The third-order valence-corrected chi connectivity index (χ3v) is 3.04. The molecule has 1 rings (SSSR count). The molecule has 0 saturated carbocycles. The average Bonchev–Trinajstić information content (AvgIpc) is 2.28. The Morgan fingerprint density at radius 2 is 1.78 bits per heavy atom. The molecule has 0 bridgehead atoms. The lowest BCUT2D eigenvalue weighted by Gasteiger charge is -2.18. The minimum Gasteiger partial charge on any atom is -0.480 e. The molecule has 2 amide bonds. The second kappa shape index (κ2) is 6.58. The number of aliphatic carboxylic acids is 1. The van der Waals surface area contributed by atoms with Crippen LogP contribution in [0.15, 0.2) is 24.3 Å². The normalized spacial score (nSPS) is 12.0. The predicted octanol–water partition coefficient (Wildman–Crippen LogP) is 2.52. The van der Waals surface area contributed by atoms with Gasteiger partial charge in [0.05, 0.1) is 0 Å². The molecule has 3 N–H and O–H groups in total. The molecule has 5 nitrogen and oxygen atoms in total. The molecule has 0 aromatic heterocycles. The highest BCUT2D eigenvalue weighted by molar-refractivity contribution is 14.1. The number of nitrogens with one attached hydrogen (secondary N) is 2. The minimum absolute atomic E-state index is 0.176. The fourth-order valence-electron chi connectivity index (χ4n) is 1.36. The van der Waals surface area contributed by atoms with Crippen LogP contribution in [0.5, 0.6) is 0 Å². The van der Waals surface area contributed by atoms with Gasteiger partial charge in [-0.05, 0) is 52.8 Å². The van der Waals surface area contributed by atoms with E-state index in [0.717, 1.165) is 3.57 Å². The summed E-state index contributed by atoms with van der Waals surface area (Å²) in [5, 5.41) is 14.0. The lowest BCUT2D eigenvalue weighted by Crippen LogP contribution is -2.46. The molecule has 98 valence electrons. The molecule has 1 aromatic rings. The molecular formula is C12H15IN2O3. The number of anilines is 1. The molecule has 1 aromatic carbocycles. The quantitative estimate of drug-likeness (QED) is 0.721. The van der Waals surface area contributed by atoms with E-state index in [4.69, 9.17) is 5.11 Å². The summed E-state index contributed by atoms with van der Waals surface area (Å²) in [7, 11) is 0. The highest BCUT2D eigenvalue weighted by atomic mass is 127. The van der Waals surface area contributed by atoms with Crippen LogP contribution in [0.25, 0.3) is 0 Å². The number of carboxylic acids is 1. The fourth-order valence-corrected chi connectivity index (χ4v) is 1.71. The Labute approximate surface area is 119 Å². The van der Waals surface area contributed by atoms with Gasteiger partial charge in [-0.25, -0.2) is 9.59 Å². The first kappa shape index (κ1) is 14.7. The van der Waals surface area contributed by atoms with Crippen molar-refractivity contribution in [3.63, 3.8) is 0 Å². The van der Waals surface area contributed by atoms with Crippen molar-refractivity contribution in [1.82, 2.24) is 5.32 Å². The van der Waals surface area contributed by atoms with E-state index in [1.54, 1.807) is 26.0 Å². The molecule has 0 aliphatic heterocycles. The van der Waals surface area contributed by atoms with Gasteiger partial charge in [0, 0.05) is 9.26 Å². The van der Waals surface area contributed by atoms with E-state index in [-0.39, 0.29) is 5.92 Å². The zero-order valence-electron chi connectivity index (χ0n) is 10.1. The second-order valence-corrected chi connectivity index (χ2v) is 5.41. The van der Waals surface area contributed by atoms with Crippen LogP contribution in [0, 0.1) is 9.49 Å². The van der Waals surface area contributed by atoms with Gasteiger partial charge in [0.2, 0.25) is 0 Å². The molecule has 0 saturated heterocycles. The summed E-state index contributed by atoms with van der Waals surface area (Å²) < 4.78 is 1.06. The third kappa shape index (κ3) is 4.52. The van der Waals surface area contributed by atoms with Crippen LogP contribution in [0.1, 0.15) is 13.8 Å². The van der Waals surface area contributed by atoms with Crippen LogP contribution in [-0.4, -0.2) is 23.1 Å². The number of urea groups is 1. The van der Waals surface area contributed by atoms with E-state index in [1.165, 1.54) is 0 Å². The average molecular weight is 362 g/mol. The molecule has 0 heterocycles. The van der Waals surface area contributed by atoms with E-state index < -0.39 is 18.0 Å². The number of benzene rings is 1. The number of halogens is 1. The molecule has 0 spiro atoms. The first-order valence-electron chi connectivity index (χ1n) is 5.46. The minimum atomic E-state index is -1.04. The van der Waals surface area contributed by atoms with Crippen LogP contribution >= 0.6 is 22.6 Å². The number of hydrogen-bond acceptors (Lipinski definition) is 2. The van der Waals surface area contributed by atoms with Crippen molar-refractivity contribution in [1.29, 1.82) is 0 Å². The fraction of sp³-hybridized carbons (Fsp3) is 0.333. The highest BCUT2D eigenvalue weighted by Gasteiger charge is 2.23. The van der Waals surface area contributed by atoms with Gasteiger partial charge in [0.15, 0.2) is 0 Å². The van der Waals surface area contributed by atoms with Crippen molar-refractivity contribution in [2.24, 2.45) is 5.92 Å². The first-order valence-corrected chi connectivity index (χ1v) is 6.54. The lowest BCUT2D eigenvalue weighted by atomic mass is 10.1. The van der Waals surface area contributed by atoms with E-state index in [0.29, 0.717) is 5.69 Å². The summed E-state index contributed by atoms with van der Waals surface area (Å²) in [6.45, 7) is 3.48. The Balaban J connectivity index is 2.60. The van der Waals surface area contributed by atoms with Gasteiger partial charge in [-0.1, -0.05) is 13.8 Å². The number of carboxylic acid groups (broad SMARTS) is 1. The largest absolute Gasteiger partial charge is 0.480 e. The van der Waals surface area contributed by atoms with Crippen molar-refractivity contribution < 1.29 is 14.7 Å². The number of amides is 2. The Morgan fingerprint density at radius 3 is 2.22 bits per heavy atom. The van der Waals surface area contributed by atoms with Gasteiger partial charge >= 0.3 is 12.0 Å². The topological polar surface area (TPSA) is 78.4 Å². The van der Waals surface area contributed by atoms with Gasteiger partial charge in [0.1, 0.15) is 6.04 Å². The molecule has 6 heteroatoms. The van der Waals surface area contributed by atoms with Gasteiger partial charge in [-0.2, -0.15) is 0 Å². The standard InChI is InChI=1S/C12H15IN2O3/c1-7(2)10(11(16)17)15-12(18)14-9-5-3-8(13)4-6-9/h3-7,10H,1-2H3,(H,16,17)(H2,14,15,18)/t10-/m1/s1. The number of carbonyl (C=O) groups excluding carboxylic acids is 1. The SMILES string of the molecule is CC(C)[C@@H](NC(=O)Nc1ccc(I)cc1)C(=O)O. The van der Waals surface area contributed by atoms with Crippen molar-refractivity contribution in [2.75, 3.05) is 5.32 Å². The molecule has 1 atom stereocenters. The first-order chi connectivity index (χ1) is 8.40. The van der Waals surface area contributed by atoms with E-state index in [9.17, 15) is 9.59 Å². The van der Waals surface area contributed by atoms with E-state index in [2.05, 4.69) is 33.2 Å². The molecule has 0 unspecified atom stereocenters. The van der Waals surface area contributed by atoms with Crippen molar-refractivity contribution in [3.05, 3.63) is 27.8 Å². The maximum Gasteiger partial charge on any atom is 0.326 e.